The van der Waals surface area contributed by atoms with Gasteiger partial charge in [-0.25, -0.2) is 0 Å². The van der Waals surface area contributed by atoms with Crippen LogP contribution in [0.3, 0.4) is 0 Å². The molecule has 0 aliphatic heterocycles. The molecule has 0 amide bonds. The van der Waals surface area contributed by atoms with E-state index < -0.39 is 10.8 Å². The second-order valence-electron chi connectivity index (χ2n) is 5.28. The summed E-state index contributed by atoms with van der Waals surface area (Å²) in [5, 5.41) is 0. The zero-order valence-corrected chi connectivity index (χ0v) is 12.9. The highest BCUT2D eigenvalue weighted by molar-refractivity contribution is 7.85. The van der Waals surface area contributed by atoms with Crippen molar-refractivity contribution in [1.29, 1.82) is 0 Å². The maximum Gasteiger partial charge on any atom is 0.0860 e. The largest absolute Gasteiger partial charge is 0.258 e. The van der Waals surface area contributed by atoms with Crippen LogP contribution in [0.4, 0.5) is 0 Å². The van der Waals surface area contributed by atoms with Crippen molar-refractivity contribution in [2.75, 3.05) is 11.5 Å². The molecule has 0 heterocycles. The molecule has 0 fully saturated rings. The highest BCUT2D eigenvalue weighted by atomic mass is 32.2. The molecule has 0 N–H and O–H groups in total. The van der Waals surface area contributed by atoms with Crippen LogP contribution in [0.25, 0.3) is 0 Å². The lowest BCUT2D eigenvalue weighted by Crippen LogP contribution is -1.99. The van der Waals surface area contributed by atoms with Crippen LogP contribution in [-0.4, -0.2) is 15.7 Å². The summed E-state index contributed by atoms with van der Waals surface area (Å²) < 4.78 is 11.8. The van der Waals surface area contributed by atoms with Gasteiger partial charge in [0.1, 0.15) is 0 Å². The van der Waals surface area contributed by atoms with Crippen LogP contribution in [0.15, 0.2) is 23.3 Å². The van der Waals surface area contributed by atoms with Crippen LogP contribution in [0.2, 0.25) is 0 Å². The topological polar surface area (TPSA) is 17.1 Å². The molecule has 0 saturated heterocycles. The van der Waals surface area contributed by atoms with Crippen LogP contribution >= 0.6 is 0 Å². The Bertz CT molecular complexity index is 483. The standard InChI is InChI=1S/C18H22OS/c19-20(15-7-13-17-9-3-1-4-10-17)16-8-14-18-11-5-2-6-12-18/h9,11H,1-6,10,12,15-16H2. The van der Waals surface area contributed by atoms with Gasteiger partial charge in [0, 0.05) is 10.8 Å². The Morgan fingerprint density at radius 1 is 0.850 bits per heavy atom. The molecular weight excluding hydrogens is 264 g/mol. The minimum Gasteiger partial charge on any atom is -0.258 e. The molecule has 2 rings (SSSR count). The minimum atomic E-state index is -0.930. The Kier molecular flexibility index (Phi) is 6.69. The average Bonchev–Trinajstić information content (AvgIpc) is 2.49. The van der Waals surface area contributed by atoms with Crippen LogP contribution < -0.4 is 0 Å². The Morgan fingerprint density at radius 2 is 1.35 bits per heavy atom. The van der Waals surface area contributed by atoms with Crippen molar-refractivity contribution >= 4 is 10.8 Å². The smallest absolute Gasteiger partial charge is 0.0860 e. The van der Waals surface area contributed by atoms with Crippen molar-refractivity contribution in [3.05, 3.63) is 23.3 Å². The van der Waals surface area contributed by atoms with Crippen LogP contribution in [-0.2, 0) is 10.8 Å². The summed E-state index contributed by atoms with van der Waals surface area (Å²) in [6.07, 6.45) is 14.0. The molecule has 2 aliphatic carbocycles. The molecule has 0 atom stereocenters. The Hall–Kier alpha value is -1.25. The average molecular weight is 286 g/mol. The second kappa shape index (κ2) is 8.83. The van der Waals surface area contributed by atoms with Gasteiger partial charge in [-0.3, -0.25) is 4.21 Å². The fourth-order valence-corrected chi connectivity index (χ4v) is 2.98. The minimum absolute atomic E-state index is 0.449. The van der Waals surface area contributed by atoms with E-state index in [0.717, 1.165) is 25.7 Å². The van der Waals surface area contributed by atoms with Gasteiger partial charge in [0.05, 0.1) is 11.5 Å². The van der Waals surface area contributed by atoms with E-state index in [-0.39, 0.29) is 0 Å². The van der Waals surface area contributed by atoms with Gasteiger partial charge in [0.25, 0.3) is 0 Å². The lowest BCUT2D eigenvalue weighted by atomic mass is 10.0. The van der Waals surface area contributed by atoms with Gasteiger partial charge in [-0.2, -0.15) is 0 Å². The zero-order valence-electron chi connectivity index (χ0n) is 12.0. The Morgan fingerprint density at radius 3 is 1.75 bits per heavy atom. The highest BCUT2D eigenvalue weighted by Gasteiger charge is 2.01. The van der Waals surface area contributed by atoms with E-state index in [1.807, 2.05) is 0 Å². The molecule has 0 aromatic heterocycles. The van der Waals surface area contributed by atoms with E-state index in [2.05, 4.69) is 35.8 Å². The highest BCUT2D eigenvalue weighted by Crippen LogP contribution is 2.16. The fourth-order valence-electron chi connectivity index (χ4n) is 2.41. The molecule has 0 aromatic carbocycles. The molecule has 0 saturated carbocycles. The Balaban J connectivity index is 1.73. The van der Waals surface area contributed by atoms with Gasteiger partial charge in [0.2, 0.25) is 0 Å². The number of hydrogen-bond donors (Lipinski definition) is 0. The molecule has 0 aromatic rings. The summed E-state index contributed by atoms with van der Waals surface area (Å²) in [5.41, 5.74) is 2.46. The van der Waals surface area contributed by atoms with Gasteiger partial charge in [-0.15, -0.1) is 0 Å². The molecule has 1 nitrogen and oxygen atoms in total. The second-order valence-corrected chi connectivity index (χ2v) is 6.74. The summed E-state index contributed by atoms with van der Waals surface area (Å²) in [6, 6.07) is 0. The van der Waals surface area contributed by atoms with Crippen molar-refractivity contribution in [1.82, 2.24) is 0 Å². The van der Waals surface area contributed by atoms with E-state index >= 15 is 0 Å². The predicted molar refractivity (Wildman–Crippen MR) is 86.5 cm³/mol. The van der Waals surface area contributed by atoms with Crippen LogP contribution in [0.5, 0.6) is 0 Å². The molecule has 0 bridgehead atoms. The van der Waals surface area contributed by atoms with Gasteiger partial charge in [0.15, 0.2) is 0 Å². The van der Waals surface area contributed by atoms with Crippen molar-refractivity contribution in [3.63, 3.8) is 0 Å². The van der Waals surface area contributed by atoms with Gasteiger partial charge in [-0.1, -0.05) is 35.8 Å². The zero-order chi connectivity index (χ0) is 14.0. The van der Waals surface area contributed by atoms with Gasteiger partial charge >= 0.3 is 0 Å². The van der Waals surface area contributed by atoms with E-state index in [1.165, 1.54) is 36.8 Å². The number of hydrogen-bond acceptors (Lipinski definition) is 1. The first kappa shape index (κ1) is 15.1. The van der Waals surface area contributed by atoms with Crippen molar-refractivity contribution < 1.29 is 4.21 Å². The maximum absolute atomic E-state index is 11.8. The summed E-state index contributed by atoms with van der Waals surface area (Å²) >= 11 is 0. The number of allylic oxidation sites excluding steroid dienone is 4. The molecule has 0 spiro atoms. The molecule has 2 heteroatoms. The molecule has 2 aliphatic rings. The molecule has 0 unspecified atom stereocenters. The first-order chi connectivity index (χ1) is 9.84. The summed E-state index contributed by atoms with van der Waals surface area (Å²) in [6.45, 7) is 0. The van der Waals surface area contributed by atoms with Crippen LogP contribution in [0, 0.1) is 23.7 Å². The summed E-state index contributed by atoms with van der Waals surface area (Å²) in [4.78, 5) is 0. The van der Waals surface area contributed by atoms with E-state index in [9.17, 15) is 4.21 Å². The third-order valence-corrected chi connectivity index (χ3v) is 4.48. The predicted octanol–water partition coefficient (Wildman–Crippen LogP) is 3.74. The summed E-state index contributed by atoms with van der Waals surface area (Å²) in [5.74, 6) is 13.3. The first-order valence-corrected chi connectivity index (χ1v) is 9.04. The molecular formula is C18H22OS. The van der Waals surface area contributed by atoms with Crippen molar-refractivity contribution in [2.24, 2.45) is 0 Å². The SMILES string of the molecule is O=S(CC#CC1=CCCCC1)CC#CC1=CCCCC1. The molecule has 20 heavy (non-hydrogen) atoms. The van der Waals surface area contributed by atoms with E-state index in [0.29, 0.717) is 11.5 Å². The van der Waals surface area contributed by atoms with E-state index in [4.69, 9.17) is 0 Å². The van der Waals surface area contributed by atoms with Crippen molar-refractivity contribution in [2.45, 2.75) is 51.4 Å². The normalized spacial score (nSPS) is 18.2. The quantitative estimate of drug-likeness (QED) is 0.707. The van der Waals surface area contributed by atoms with Crippen LogP contribution in [0.1, 0.15) is 51.4 Å². The third-order valence-electron chi connectivity index (χ3n) is 3.55. The Labute approximate surface area is 125 Å². The maximum atomic E-state index is 11.8. The van der Waals surface area contributed by atoms with Gasteiger partial charge < -0.3 is 0 Å². The summed E-state index contributed by atoms with van der Waals surface area (Å²) in [7, 11) is -0.930. The fraction of sp³-hybridized carbons (Fsp3) is 0.556. The monoisotopic (exact) mass is 286 g/mol. The first-order valence-electron chi connectivity index (χ1n) is 7.55. The molecule has 0 radical (unpaired) electrons. The lowest BCUT2D eigenvalue weighted by Gasteiger charge is -2.05. The number of rotatable bonds is 2. The van der Waals surface area contributed by atoms with E-state index in [1.54, 1.807) is 0 Å². The third kappa shape index (κ3) is 5.81. The lowest BCUT2D eigenvalue weighted by molar-refractivity contribution is 0.687. The van der Waals surface area contributed by atoms with Gasteiger partial charge in [-0.05, 0) is 62.5 Å². The molecule has 106 valence electrons. The van der Waals surface area contributed by atoms with Crippen molar-refractivity contribution in [3.8, 4) is 23.7 Å².